The Hall–Kier alpha value is -2.28. The van der Waals surface area contributed by atoms with E-state index in [2.05, 4.69) is 20.7 Å². The van der Waals surface area contributed by atoms with Gasteiger partial charge in [-0.2, -0.15) is 5.10 Å². The molecule has 1 saturated carbocycles. The van der Waals surface area contributed by atoms with Gasteiger partial charge < -0.3 is 10.6 Å². The van der Waals surface area contributed by atoms with Gasteiger partial charge in [-0.1, -0.05) is 0 Å². The van der Waals surface area contributed by atoms with Gasteiger partial charge in [0, 0.05) is 24.7 Å². The lowest BCUT2D eigenvalue weighted by atomic mass is 10.2. The summed E-state index contributed by atoms with van der Waals surface area (Å²) in [5, 5.41) is 9.81. The Balaban J connectivity index is 1.58. The number of hydrogen-bond acceptors (Lipinski definition) is 4. The first-order valence-electron chi connectivity index (χ1n) is 6.90. The quantitative estimate of drug-likeness (QED) is 0.845. The lowest BCUT2D eigenvalue weighted by Gasteiger charge is -2.08. The molecule has 2 aromatic rings. The number of rotatable bonds is 6. The molecule has 2 N–H and O–H groups in total. The number of nitrogens with zero attached hydrogens (tertiary/aromatic N) is 3. The fourth-order valence-corrected chi connectivity index (χ4v) is 2.00. The molecular formula is C14H16FN5O. The predicted molar refractivity (Wildman–Crippen MR) is 75.6 cm³/mol. The summed E-state index contributed by atoms with van der Waals surface area (Å²) >= 11 is 0. The van der Waals surface area contributed by atoms with Gasteiger partial charge in [-0.3, -0.25) is 4.79 Å². The molecule has 0 atom stereocenters. The Kier molecular flexibility index (Phi) is 3.92. The minimum Gasteiger partial charge on any atom is -0.326 e. The molecule has 1 aromatic carbocycles. The van der Waals surface area contributed by atoms with Gasteiger partial charge in [-0.15, -0.1) is 0 Å². The number of carbonyl (C=O) groups excluding carboxylic acids is 1. The van der Waals surface area contributed by atoms with Crippen LogP contribution < -0.4 is 10.6 Å². The highest BCUT2D eigenvalue weighted by atomic mass is 19.1. The van der Waals surface area contributed by atoms with Gasteiger partial charge in [0.15, 0.2) is 5.82 Å². The molecule has 110 valence electrons. The largest absolute Gasteiger partial charge is 0.326 e. The highest BCUT2D eigenvalue weighted by Gasteiger charge is 2.20. The van der Waals surface area contributed by atoms with E-state index in [-0.39, 0.29) is 5.91 Å². The molecule has 7 heteroatoms. The van der Waals surface area contributed by atoms with Crippen LogP contribution in [0.5, 0.6) is 0 Å². The summed E-state index contributed by atoms with van der Waals surface area (Å²) in [6, 6.07) is 5.06. The zero-order chi connectivity index (χ0) is 14.7. The summed E-state index contributed by atoms with van der Waals surface area (Å²) in [7, 11) is 0. The first-order valence-corrected chi connectivity index (χ1v) is 6.90. The molecule has 3 rings (SSSR count). The number of halogens is 1. The van der Waals surface area contributed by atoms with E-state index in [1.165, 1.54) is 36.2 Å². The van der Waals surface area contributed by atoms with Crippen LogP contribution in [0.1, 0.15) is 19.3 Å². The van der Waals surface area contributed by atoms with Gasteiger partial charge in [-0.05, 0) is 31.0 Å². The van der Waals surface area contributed by atoms with Crippen LogP contribution in [0.2, 0.25) is 0 Å². The second kappa shape index (κ2) is 6.01. The number of nitrogens with one attached hydrogen (secondary N) is 2. The first kappa shape index (κ1) is 13.7. The summed E-state index contributed by atoms with van der Waals surface area (Å²) in [6.45, 7) is 0.649. The predicted octanol–water partition coefficient (Wildman–Crippen LogP) is 1.49. The summed E-state index contributed by atoms with van der Waals surface area (Å²) < 4.78 is 15.3. The van der Waals surface area contributed by atoms with Gasteiger partial charge in [0.05, 0.1) is 0 Å². The van der Waals surface area contributed by atoms with Gasteiger partial charge in [-0.25, -0.2) is 14.1 Å². The van der Waals surface area contributed by atoms with Crippen LogP contribution in [0.4, 0.5) is 10.1 Å². The van der Waals surface area contributed by atoms with Crippen LogP contribution >= 0.6 is 0 Å². The highest BCUT2D eigenvalue weighted by molar-refractivity contribution is 5.90. The van der Waals surface area contributed by atoms with E-state index < -0.39 is 5.82 Å². The molecule has 1 fully saturated rings. The van der Waals surface area contributed by atoms with Crippen molar-refractivity contribution in [3.05, 3.63) is 36.7 Å². The van der Waals surface area contributed by atoms with E-state index in [4.69, 9.17) is 0 Å². The van der Waals surface area contributed by atoms with Crippen molar-refractivity contribution in [2.75, 3.05) is 11.9 Å². The van der Waals surface area contributed by atoms with Crippen molar-refractivity contribution in [1.29, 1.82) is 0 Å². The number of amides is 1. The van der Waals surface area contributed by atoms with E-state index in [9.17, 15) is 9.18 Å². The van der Waals surface area contributed by atoms with Crippen LogP contribution in [0.25, 0.3) is 5.69 Å². The summed E-state index contributed by atoms with van der Waals surface area (Å²) in [5.74, 6) is -0.592. The van der Waals surface area contributed by atoms with Crippen molar-refractivity contribution < 1.29 is 9.18 Å². The minimum absolute atomic E-state index is 0.129. The van der Waals surface area contributed by atoms with E-state index in [1.807, 2.05) is 0 Å². The lowest BCUT2D eigenvalue weighted by molar-refractivity contribution is -0.116. The van der Waals surface area contributed by atoms with E-state index in [1.54, 1.807) is 12.1 Å². The van der Waals surface area contributed by atoms with Crippen molar-refractivity contribution >= 4 is 11.6 Å². The van der Waals surface area contributed by atoms with Crippen molar-refractivity contribution in [3.8, 4) is 5.69 Å². The summed E-state index contributed by atoms with van der Waals surface area (Å²) in [4.78, 5) is 15.5. The third-order valence-electron chi connectivity index (χ3n) is 3.26. The van der Waals surface area contributed by atoms with E-state index >= 15 is 0 Å². The number of aromatic nitrogens is 3. The Morgan fingerprint density at radius 1 is 1.43 bits per heavy atom. The average Bonchev–Trinajstić information content (AvgIpc) is 3.11. The Morgan fingerprint density at radius 2 is 2.29 bits per heavy atom. The maximum absolute atomic E-state index is 14.0. The third kappa shape index (κ3) is 3.63. The molecule has 1 aliphatic rings. The molecule has 1 aromatic heterocycles. The highest BCUT2D eigenvalue weighted by Crippen LogP contribution is 2.19. The first-order chi connectivity index (χ1) is 10.2. The smallest absolute Gasteiger partial charge is 0.225 e. The normalized spacial score (nSPS) is 14.1. The van der Waals surface area contributed by atoms with Crippen molar-refractivity contribution in [1.82, 2.24) is 20.1 Å². The molecule has 0 saturated heterocycles. The Bertz CT molecular complexity index is 624. The molecule has 0 aliphatic heterocycles. The van der Waals surface area contributed by atoms with Crippen LogP contribution in [-0.4, -0.2) is 33.3 Å². The second-order valence-corrected chi connectivity index (χ2v) is 5.03. The number of benzene rings is 1. The Labute approximate surface area is 121 Å². The lowest BCUT2D eigenvalue weighted by Crippen LogP contribution is -2.23. The number of anilines is 1. The minimum atomic E-state index is -0.464. The fourth-order valence-electron chi connectivity index (χ4n) is 2.00. The number of carbonyl (C=O) groups is 1. The molecule has 0 bridgehead atoms. The monoisotopic (exact) mass is 289 g/mol. The maximum atomic E-state index is 14.0. The molecule has 6 nitrogen and oxygen atoms in total. The van der Waals surface area contributed by atoms with Crippen molar-refractivity contribution in [3.63, 3.8) is 0 Å². The van der Waals surface area contributed by atoms with Crippen LogP contribution in [0.15, 0.2) is 30.9 Å². The zero-order valence-electron chi connectivity index (χ0n) is 11.4. The second-order valence-electron chi connectivity index (χ2n) is 5.03. The zero-order valence-corrected chi connectivity index (χ0v) is 11.4. The van der Waals surface area contributed by atoms with Crippen LogP contribution in [0, 0.1) is 5.82 Å². The summed E-state index contributed by atoms with van der Waals surface area (Å²) in [5.41, 5.74) is 0.730. The van der Waals surface area contributed by atoms with Gasteiger partial charge in [0.2, 0.25) is 5.91 Å². The van der Waals surface area contributed by atoms with Gasteiger partial charge >= 0.3 is 0 Å². The third-order valence-corrected chi connectivity index (χ3v) is 3.26. The molecule has 0 radical (unpaired) electrons. The van der Waals surface area contributed by atoms with E-state index in [0.717, 1.165) is 0 Å². The average molecular weight is 289 g/mol. The van der Waals surface area contributed by atoms with Gasteiger partial charge in [0.25, 0.3) is 0 Å². The molecule has 1 amide bonds. The van der Waals surface area contributed by atoms with Crippen molar-refractivity contribution in [2.24, 2.45) is 0 Å². The maximum Gasteiger partial charge on any atom is 0.225 e. The SMILES string of the molecule is O=C(CCNC1CC1)Nc1ccc(-n2cncn2)c(F)c1. The molecule has 1 heterocycles. The number of hydrogen-bond donors (Lipinski definition) is 2. The molecular weight excluding hydrogens is 273 g/mol. The van der Waals surface area contributed by atoms with Gasteiger partial charge in [0.1, 0.15) is 18.3 Å². The Morgan fingerprint density at radius 3 is 2.95 bits per heavy atom. The van der Waals surface area contributed by atoms with Crippen molar-refractivity contribution in [2.45, 2.75) is 25.3 Å². The topological polar surface area (TPSA) is 71.8 Å². The fraction of sp³-hybridized carbons (Fsp3) is 0.357. The standard InChI is InChI=1S/C14H16FN5O/c15-12-7-11(3-4-13(12)20-9-16-8-18-20)19-14(21)5-6-17-10-1-2-10/h3-4,7-10,17H,1-2,5-6H2,(H,19,21). The molecule has 21 heavy (non-hydrogen) atoms. The van der Waals surface area contributed by atoms with Crippen LogP contribution in [-0.2, 0) is 4.79 Å². The van der Waals surface area contributed by atoms with Crippen LogP contribution in [0.3, 0.4) is 0 Å². The molecule has 0 unspecified atom stereocenters. The van der Waals surface area contributed by atoms with E-state index in [0.29, 0.717) is 30.4 Å². The molecule has 0 spiro atoms. The summed E-state index contributed by atoms with van der Waals surface area (Å²) in [6.07, 6.45) is 5.51. The molecule has 1 aliphatic carbocycles.